The molecule has 1 fully saturated rings. The third kappa shape index (κ3) is 2.97. The molecule has 2 nitrogen and oxygen atoms in total. The average Bonchev–Trinajstić information content (AvgIpc) is 2.19. The van der Waals surface area contributed by atoms with Gasteiger partial charge >= 0.3 is 0 Å². The molecule has 0 heterocycles. The molecule has 0 bridgehead atoms. The summed E-state index contributed by atoms with van der Waals surface area (Å²) < 4.78 is 0. The molecular weight excluding hydrogens is 230 g/mol. The second-order valence-electron chi connectivity index (χ2n) is 3.88. The van der Waals surface area contributed by atoms with Crippen molar-refractivity contribution in [3.05, 3.63) is 0 Å². The summed E-state index contributed by atoms with van der Waals surface area (Å²) in [5.74, 6) is 0.182. The third-order valence-corrected chi connectivity index (χ3v) is 3.87. The molecule has 0 atom stereocenters. The standard InChI is InChI=1S/C10H18BrNO/c1-2-9(13)12-10(8-11)6-4-3-5-7-10/h2-8H2,1H3,(H,12,13). The number of amides is 1. The van der Waals surface area contributed by atoms with Gasteiger partial charge in [0.25, 0.3) is 0 Å². The first-order chi connectivity index (χ1) is 6.22. The number of hydrogen-bond donors (Lipinski definition) is 1. The lowest BCUT2D eigenvalue weighted by Crippen LogP contribution is -2.51. The van der Waals surface area contributed by atoms with E-state index in [2.05, 4.69) is 21.2 Å². The van der Waals surface area contributed by atoms with Gasteiger partial charge in [0.2, 0.25) is 5.91 Å². The summed E-state index contributed by atoms with van der Waals surface area (Å²) in [6, 6.07) is 0. The smallest absolute Gasteiger partial charge is 0.220 e. The minimum absolute atomic E-state index is 0.0609. The topological polar surface area (TPSA) is 29.1 Å². The van der Waals surface area contributed by atoms with E-state index in [1.54, 1.807) is 0 Å². The van der Waals surface area contributed by atoms with Gasteiger partial charge < -0.3 is 5.32 Å². The van der Waals surface area contributed by atoms with Crippen molar-refractivity contribution in [2.24, 2.45) is 0 Å². The first-order valence-electron chi connectivity index (χ1n) is 5.09. The Kier molecular flexibility index (Phi) is 4.23. The van der Waals surface area contributed by atoms with Gasteiger partial charge in [0.05, 0.1) is 0 Å². The van der Waals surface area contributed by atoms with Crippen molar-refractivity contribution in [3.63, 3.8) is 0 Å². The SMILES string of the molecule is CCC(=O)NC1(CBr)CCCCC1. The van der Waals surface area contributed by atoms with Gasteiger partial charge in [-0.3, -0.25) is 4.79 Å². The Balaban J connectivity index is 2.52. The normalized spacial score (nSPS) is 21.1. The van der Waals surface area contributed by atoms with Crippen LogP contribution in [-0.4, -0.2) is 16.8 Å². The molecule has 0 radical (unpaired) electrons. The molecule has 0 aromatic rings. The average molecular weight is 248 g/mol. The second kappa shape index (κ2) is 4.99. The molecule has 3 heteroatoms. The van der Waals surface area contributed by atoms with Crippen LogP contribution >= 0.6 is 15.9 Å². The number of nitrogens with one attached hydrogen (secondary N) is 1. The van der Waals surface area contributed by atoms with Gasteiger partial charge in [0.15, 0.2) is 0 Å². The molecule has 0 aliphatic heterocycles. The molecule has 76 valence electrons. The quantitative estimate of drug-likeness (QED) is 0.764. The van der Waals surface area contributed by atoms with E-state index < -0.39 is 0 Å². The van der Waals surface area contributed by atoms with Crippen LogP contribution in [0.4, 0.5) is 0 Å². The van der Waals surface area contributed by atoms with Crippen LogP contribution in [0.2, 0.25) is 0 Å². The second-order valence-corrected chi connectivity index (χ2v) is 4.44. The summed E-state index contributed by atoms with van der Waals surface area (Å²) >= 11 is 3.51. The highest BCUT2D eigenvalue weighted by molar-refractivity contribution is 9.09. The molecule has 0 spiro atoms. The van der Waals surface area contributed by atoms with Crippen molar-refractivity contribution in [1.29, 1.82) is 0 Å². The van der Waals surface area contributed by atoms with E-state index in [0.717, 1.165) is 18.2 Å². The van der Waals surface area contributed by atoms with Crippen molar-refractivity contribution < 1.29 is 4.79 Å². The maximum atomic E-state index is 11.3. The van der Waals surface area contributed by atoms with Crippen LogP contribution in [0.25, 0.3) is 0 Å². The molecule has 1 N–H and O–H groups in total. The fourth-order valence-corrected chi connectivity index (χ4v) is 2.61. The molecule has 1 saturated carbocycles. The Morgan fingerprint density at radius 1 is 1.38 bits per heavy atom. The van der Waals surface area contributed by atoms with E-state index in [1.807, 2.05) is 6.92 Å². The molecule has 1 amide bonds. The van der Waals surface area contributed by atoms with Gasteiger partial charge in [0.1, 0.15) is 0 Å². The maximum Gasteiger partial charge on any atom is 0.220 e. The molecule has 1 rings (SSSR count). The molecule has 0 saturated heterocycles. The van der Waals surface area contributed by atoms with Gasteiger partial charge in [-0.1, -0.05) is 42.1 Å². The maximum absolute atomic E-state index is 11.3. The molecule has 1 aliphatic rings. The van der Waals surface area contributed by atoms with Crippen molar-refractivity contribution in [2.75, 3.05) is 5.33 Å². The Morgan fingerprint density at radius 3 is 2.46 bits per heavy atom. The fourth-order valence-electron chi connectivity index (χ4n) is 1.90. The molecule has 0 aromatic heterocycles. The van der Waals surface area contributed by atoms with Crippen molar-refractivity contribution >= 4 is 21.8 Å². The van der Waals surface area contributed by atoms with E-state index in [0.29, 0.717) is 6.42 Å². The van der Waals surface area contributed by atoms with Crippen LogP contribution in [0.15, 0.2) is 0 Å². The van der Waals surface area contributed by atoms with Gasteiger partial charge in [0, 0.05) is 17.3 Å². The summed E-state index contributed by atoms with van der Waals surface area (Å²) in [4.78, 5) is 11.3. The summed E-state index contributed by atoms with van der Waals surface area (Å²) in [7, 11) is 0. The number of alkyl halides is 1. The largest absolute Gasteiger partial charge is 0.350 e. The molecular formula is C10H18BrNO. The highest BCUT2D eigenvalue weighted by Crippen LogP contribution is 2.29. The number of hydrogen-bond acceptors (Lipinski definition) is 1. The van der Waals surface area contributed by atoms with E-state index in [-0.39, 0.29) is 11.4 Å². The first kappa shape index (κ1) is 11.0. The molecule has 1 aliphatic carbocycles. The van der Waals surface area contributed by atoms with Crippen LogP contribution in [0, 0.1) is 0 Å². The first-order valence-corrected chi connectivity index (χ1v) is 6.21. The third-order valence-electron chi connectivity index (χ3n) is 2.79. The minimum Gasteiger partial charge on any atom is -0.350 e. The zero-order valence-corrected chi connectivity index (χ0v) is 9.82. The van der Waals surface area contributed by atoms with Crippen molar-refractivity contribution in [2.45, 2.75) is 51.0 Å². The van der Waals surface area contributed by atoms with Gasteiger partial charge in [-0.15, -0.1) is 0 Å². The Bertz CT molecular complexity index is 176. The van der Waals surface area contributed by atoms with E-state index in [1.165, 1.54) is 19.3 Å². The van der Waals surface area contributed by atoms with Crippen LogP contribution < -0.4 is 5.32 Å². The Hall–Kier alpha value is -0.0500. The molecule has 13 heavy (non-hydrogen) atoms. The van der Waals surface area contributed by atoms with Crippen LogP contribution in [0.3, 0.4) is 0 Å². The number of halogens is 1. The zero-order valence-electron chi connectivity index (χ0n) is 8.24. The van der Waals surface area contributed by atoms with Gasteiger partial charge in [-0.25, -0.2) is 0 Å². The molecule has 0 unspecified atom stereocenters. The summed E-state index contributed by atoms with van der Waals surface area (Å²) in [5.41, 5.74) is 0.0609. The van der Waals surface area contributed by atoms with Crippen molar-refractivity contribution in [1.82, 2.24) is 5.32 Å². The Morgan fingerprint density at radius 2 is 2.00 bits per heavy atom. The lowest BCUT2D eigenvalue weighted by Gasteiger charge is -2.36. The molecule has 0 aromatic carbocycles. The Labute approximate surface area is 88.6 Å². The number of carbonyl (C=O) groups excluding carboxylic acids is 1. The summed E-state index contributed by atoms with van der Waals surface area (Å²) in [5, 5.41) is 4.04. The van der Waals surface area contributed by atoms with Crippen molar-refractivity contribution in [3.8, 4) is 0 Å². The summed E-state index contributed by atoms with van der Waals surface area (Å²) in [6.07, 6.45) is 6.66. The number of carbonyl (C=O) groups is 1. The predicted octanol–water partition coefficient (Wildman–Crippen LogP) is 2.61. The van der Waals surface area contributed by atoms with Crippen LogP contribution in [-0.2, 0) is 4.79 Å². The highest BCUT2D eigenvalue weighted by atomic mass is 79.9. The zero-order chi connectivity index (χ0) is 9.73. The number of rotatable bonds is 3. The van der Waals surface area contributed by atoms with Crippen LogP contribution in [0.1, 0.15) is 45.4 Å². The van der Waals surface area contributed by atoms with Crippen LogP contribution in [0.5, 0.6) is 0 Å². The van der Waals surface area contributed by atoms with Gasteiger partial charge in [-0.2, -0.15) is 0 Å². The highest BCUT2D eigenvalue weighted by Gasteiger charge is 2.31. The lowest BCUT2D eigenvalue weighted by molar-refractivity contribution is -0.122. The van der Waals surface area contributed by atoms with Gasteiger partial charge in [-0.05, 0) is 12.8 Å². The summed E-state index contributed by atoms with van der Waals surface area (Å²) in [6.45, 7) is 1.90. The van der Waals surface area contributed by atoms with E-state index in [9.17, 15) is 4.79 Å². The van der Waals surface area contributed by atoms with E-state index >= 15 is 0 Å². The fraction of sp³-hybridized carbons (Fsp3) is 0.900. The van der Waals surface area contributed by atoms with E-state index in [4.69, 9.17) is 0 Å². The minimum atomic E-state index is 0.0609. The lowest BCUT2D eigenvalue weighted by atomic mass is 9.83. The predicted molar refractivity (Wildman–Crippen MR) is 58.0 cm³/mol. The monoisotopic (exact) mass is 247 g/mol.